The maximum absolute atomic E-state index is 10.9. The first-order valence-corrected chi connectivity index (χ1v) is 3.41. The number of nitro groups is 1. The Morgan fingerprint density at radius 3 is 2.75 bits per heavy atom. The highest BCUT2D eigenvalue weighted by molar-refractivity contribution is 5.94. The van der Waals surface area contributed by atoms with E-state index in [1.54, 1.807) is 0 Å². The number of hydrogen-bond acceptors (Lipinski definition) is 3. The van der Waals surface area contributed by atoms with Crippen LogP contribution in [0.25, 0.3) is 0 Å². The molecule has 0 bridgehead atoms. The van der Waals surface area contributed by atoms with E-state index in [2.05, 4.69) is 5.32 Å². The molecule has 0 spiro atoms. The van der Waals surface area contributed by atoms with Gasteiger partial charge in [0.1, 0.15) is 0 Å². The molecule has 0 atom stereocenters. The van der Waals surface area contributed by atoms with Gasteiger partial charge in [-0.2, -0.15) is 0 Å². The first-order chi connectivity index (χ1) is 5.65. The zero-order valence-electron chi connectivity index (χ0n) is 6.53. The molecule has 0 unspecified atom stereocenters. The molecule has 0 radical (unpaired) electrons. The van der Waals surface area contributed by atoms with Crippen LogP contribution in [0, 0.1) is 10.1 Å². The monoisotopic (exact) mass is 168 g/mol. The largest absolute Gasteiger partial charge is 0.355 e. The minimum Gasteiger partial charge on any atom is -0.355 e. The molecule has 1 aliphatic rings. The van der Waals surface area contributed by atoms with Gasteiger partial charge in [0.05, 0.1) is 11.3 Å². The Balaban J connectivity index is 2.62. The number of likely N-dealkylation sites (N-methyl/N-ethyl adjacent to an activating group) is 1. The third-order valence-electron chi connectivity index (χ3n) is 1.60. The Hall–Kier alpha value is -1.65. The predicted octanol–water partition coefficient (Wildman–Crippen LogP) is 0.223. The Morgan fingerprint density at radius 2 is 2.33 bits per heavy atom. The number of carbonyl (C=O) groups is 1. The summed E-state index contributed by atoms with van der Waals surface area (Å²) in [5, 5.41) is 12.6. The Labute approximate surface area is 68.9 Å². The van der Waals surface area contributed by atoms with Crippen LogP contribution in [-0.4, -0.2) is 17.9 Å². The molecule has 0 aromatic heterocycles. The van der Waals surface area contributed by atoms with Gasteiger partial charge in [0.25, 0.3) is 5.70 Å². The zero-order valence-corrected chi connectivity index (χ0v) is 6.53. The van der Waals surface area contributed by atoms with Crippen LogP contribution in [0.15, 0.2) is 23.4 Å². The fourth-order valence-corrected chi connectivity index (χ4v) is 0.952. The lowest BCUT2D eigenvalue weighted by Crippen LogP contribution is -2.19. The molecule has 0 fully saturated rings. The van der Waals surface area contributed by atoms with Crippen molar-refractivity contribution in [3.05, 3.63) is 33.5 Å². The van der Waals surface area contributed by atoms with Gasteiger partial charge < -0.3 is 5.32 Å². The summed E-state index contributed by atoms with van der Waals surface area (Å²) in [6, 6.07) is 0. The molecule has 0 aromatic carbocycles. The first-order valence-electron chi connectivity index (χ1n) is 3.41. The quantitative estimate of drug-likeness (QED) is 0.473. The summed E-state index contributed by atoms with van der Waals surface area (Å²) in [5.74, 6) is -0.261. The van der Waals surface area contributed by atoms with Crippen molar-refractivity contribution in [2.75, 3.05) is 7.05 Å². The number of allylic oxidation sites excluding steroid dienone is 3. The van der Waals surface area contributed by atoms with E-state index in [0.717, 1.165) is 0 Å². The van der Waals surface area contributed by atoms with Crippen molar-refractivity contribution in [3.63, 3.8) is 0 Å². The van der Waals surface area contributed by atoms with Gasteiger partial charge in [-0.1, -0.05) is 0 Å². The van der Waals surface area contributed by atoms with Crippen molar-refractivity contribution in [2.45, 2.75) is 6.42 Å². The second-order valence-corrected chi connectivity index (χ2v) is 2.36. The topological polar surface area (TPSA) is 72.2 Å². The average molecular weight is 168 g/mol. The van der Waals surface area contributed by atoms with Crippen molar-refractivity contribution in [1.29, 1.82) is 0 Å². The maximum Gasteiger partial charge on any atom is 0.250 e. The second kappa shape index (κ2) is 3.17. The Bertz CT molecular complexity index is 291. The molecular weight excluding hydrogens is 160 g/mol. The SMILES string of the molecule is CNC(=O)C1=CC=C([N+](=O)[O-])C1. The summed E-state index contributed by atoms with van der Waals surface area (Å²) in [7, 11) is 1.49. The first kappa shape index (κ1) is 8.45. The van der Waals surface area contributed by atoms with E-state index in [-0.39, 0.29) is 18.0 Å². The molecular formula is C7H8N2O3. The Kier molecular flexibility index (Phi) is 2.23. The summed E-state index contributed by atoms with van der Waals surface area (Å²) in [4.78, 5) is 20.7. The van der Waals surface area contributed by atoms with Crippen LogP contribution < -0.4 is 5.32 Å². The average Bonchev–Trinajstić information content (AvgIpc) is 2.51. The standard InChI is InChI=1S/C7H8N2O3/c1-8-7(10)5-2-3-6(4-5)9(11)12/h2-3H,4H2,1H3,(H,8,10). The highest BCUT2D eigenvalue weighted by Crippen LogP contribution is 2.18. The van der Waals surface area contributed by atoms with Crippen molar-refractivity contribution >= 4 is 5.91 Å². The summed E-state index contributed by atoms with van der Waals surface area (Å²) >= 11 is 0. The van der Waals surface area contributed by atoms with Crippen LogP contribution in [0.3, 0.4) is 0 Å². The minimum atomic E-state index is -0.480. The van der Waals surface area contributed by atoms with Crippen LogP contribution in [0.5, 0.6) is 0 Å². The number of amides is 1. The molecule has 0 aromatic rings. The van der Waals surface area contributed by atoms with Crippen LogP contribution in [-0.2, 0) is 4.79 Å². The van der Waals surface area contributed by atoms with E-state index in [1.165, 1.54) is 19.2 Å². The van der Waals surface area contributed by atoms with Crippen molar-refractivity contribution in [2.24, 2.45) is 0 Å². The summed E-state index contributed by atoms with van der Waals surface area (Å²) in [6.45, 7) is 0. The zero-order chi connectivity index (χ0) is 9.14. The normalized spacial score (nSPS) is 15.1. The predicted molar refractivity (Wildman–Crippen MR) is 41.8 cm³/mol. The van der Waals surface area contributed by atoms with Gasteiger partial charge in [-0.05, 0) is 6.08 Å². The van der Waals surface area contributed by atoms with E-state index in [9.17, 15) is 14.9 Å². The summed E-state index contributed by atoms with van der Waals surface area (Å²) < 4.78 is 0. The van der Waals surface area contributed by atoms with Gasteiger partial charge in [0.15, 0.2) is 0 Å². The van der Waals surface area contributed by atoms with Gasteiger partial charge in [0.2, 0.25) is 5.91 Å². The molecule has 1 rings (SSSR count). The molecule has 0 saturated carbocycles. The third-order valence-corrected chi connectivity index (χ3v) is 1.60. The fraction of sp³-hybridized carbons (Fsp3) is 0.286. The summed E-state index contributed by atoms with van der Waals surface area (Å²) in [5.41, 5.74) is 0.498. The fourth-order valence-electron chi connectivity index (χ4n) is 0.952. The number of rotatable bonds is 2. The van der Waals surface area contributed by atoms with Gasteiger partial charge in [-0.15, -0.1) is 0 Å². The van der Waals surface area contributed by atoms with E-state index in [0.29, 0.717) is 5.57 Å². The molecule has 5 nitrogen and oxygen atoms in total. The van der Waals surface area contributed by atoms with E-state index >= 15 is 0 Å². The highest BCUT2D eigenvalue weighted by atomic mass is 16.6. The lowest BCUT2D eigenvalue weighted by atomic mass is 10.2. The smallest absolute Gasteiger partial charge is 0.250 e. The summed E-state index contributed by atoms with van der Waals surface area (Å²) in [6.07, 6.45) is 2.94. The van der Waals surface area contributed by atoms with Gasteiger partial charge in [-0.3, -0.25) is 14.9 Å². The highest BCUT2D eigenvalue weighted by Gasteiger charge is 2.21. The van der Waals surface area contributed by atoms with Crippen LogP contribution in [0.1, 0.15) is 6.42 Å². The number of nitrogens with one attached hydrogen (secondary N) is 1. The van der Waals surface area contributed by atoms with Crippen LogP contribution in [0.2, 0.25) is 0 Å². The van der Waals surface area contributed by atoms with Gasteiger partial charge >= 0.3 is 0 Å². The van der Waals surface area contributed by atoms with E-state index in [1.807, 2.05) is 0 Å². The Morgan fingerprint density at radius 1 is 1.67 bits per heavy atom. The third kappa shape index (κ3) is 1.50. The van der Waals surface area contributed by atoms with E-state index in [4.69, 9.17) is 0 Å². The molecule has 0 saturated heterocycles. The second-order valence-electron chi connectivity index (χ2n) is 2.36. The lowest BCUT2D eigenvalue weighted by Gasteiger charge is -1.97. The van der Waals surface area contributed by atoms with E-state index < -0.39 is 4.92 Å². The number of hydrogen-bond donors (Lipinski definition) is 1. The van der Waals surface area contributed by atoms with Crippen molar-refractivity contribution < 1.29 is 9.72 Å². The lowest BCUT2D eigenvalue weighted by molar-refractivity contribution is -0.426. The maximum atomic E-state index is 10.9. The molecule has 5 heteroatoms. The number of carbonyl (C=O) groups excluding carboxylic acids is 1. The minimum absolute atomic E-state index is 0.0635. The molecule has 64 valence electrons. The number of nitrogens with zero attached hydrogens (tertiary/aromatic N) is 1. The van der Waals surface area contributed by atoms with Crippen molar-refractivity contribution in [3.8, 4) is 0 Å². The molecule has 1 aliphatic carbocycles. The van der Waals surface area contributed by atoms with Gasteiger partial charge in [0, 0.05) is 18.7 Å². The van der Waals surface area contributed by atoms with Crippen LogP contribution in [0.4, 0.5) is 0 Å². The molecule has 1 N–H and O–H groups in total. The molecule has 0 heterocycles. The van der Waals surface area contributed by atoms with Gasteiger partial charge in [-0.25, -0.2) is 0 Å². The van der Waals surface area contributed by atoms with Crippen molar-refractivity contribution in [1.82, 2.24) is 5.32 Å². The molecule has 0 aliphatic heterocycles. The van der Waals surface area contributed by atoms with Crippen LogP contribution >= 0.6 is 0 Å². The molecule has 12 heavy (non-hydrogen) atoms. The molecule has 1 amide bonds.